The Bertz CT molecular complexity index is 482. The first kappa shape index (κ1) is 18.9. The molecule has 1 aliphatic heterocycles. The Morgan fingerprint density at radius 3 is 2.23 bits per heavy atom. The minimum atomic E-state index is -0.684. The third-order valence-electron chi connectivity index (χ3n) is 4.44. The van der Waals surface area contributed by atoms with Gasteiger partial charge in [-0.1, -0.05) is 26.0 Å². The fraction of sp³-hybridized carbons (Fsp3) is 0.588. The number of halogens is 1. The van der Waals surface area contributed by atoms with E-state index < -0.39 is 5.60 Å². The van der Waals surface area contributed by atoms with Crippen molar-refractivity contribution in [2.45, 2.75) is 38.2 Å². The second-order valence-electron chi connectivity index (χ2n) is 6.06. The summed E-state index contributed by atoms with van der Waals surface area (Å²) in [7, 11) is 3.47. The van der Waals surface area contributed by atoms with Crippen LogP contribution in [-0.2, 0) is 9.53 Å². The molecule has 1 amide bonds. The molecule has 124 valence electrons. The average molecular weight is 327 g/mol. The Hall–Kier alpha value is -1.10. The number of anilines is 1. The van der Waals surface area contributed by atoms with Gasteiger partial charge in [-0.2, -0.15) is 0 Å². The van der Waals surface area contributed by atoms with E-state index in [1.54, 1.807) is 12.0 Å². The van der Waals surface area contributed by atoms with Crippen LogP contribution in [0.3, 0.4) is 0 Å². The summed E-state index contributed by atoms with van der Waals surface area (Å²) in [4.78, 5) is 14.6. The number of piperidine rings is 1. The van der Waals surface area contributed by atoms with Gasteiger partial charge in [0.2, 0.25) is 0 Å². The summed E-state index contributed by atoms with van der Waals surface area (Å²) in [5.74, 6) is 0.540. The largest absolute Gasteiger partial charge is 0.368 e. The summed E-state index contributed by atoms with van der Waals surface area (Å²) in [6, 6.07) is 8.20. The maximum absolute atomic E-state index is 12.8. The molecule has 1 heterocycles. The number of hydrogen-bond donors (Lipinski definition) is 1. The summed E-state index contributed by atoms with van der Waals surface area (Å²) in [5.41, 5.74) is 1.51. The lowest BCUT2D eigenvalue weighted by atomic mass is 9.90. The number of hydrogen-bond acceptors (Lipinski definition) is 3. The molecular formula is C17H27ClN2O2. The van der Waals surface area contributed by atoms with Crippen LogP contribution >= 0.6 is 12.4 Å². The maximum Gasteiger partial charge on any atom is 0.259 e. The predicted molar refractivity (Wildman–Crippen MR) is 93.0 cm³/mol. The highest BCUT2D eigenvalue weighted by molar-refractivity contribution is 5.99. The number of benzene rings is 1. The van der Waals surface area contributed by atoms with Crippen LogP contribution in [0.15, 0.2) is 24.3 Å². The van der Waals surface area contributed by atoms with E-state index in [1.165, 1.54) is 5.56 Å². The van der Waals surface area contributed by atoms with Gasteiger partial charge in [-0.15, -0.1) is 12.4 Å². The zero-order valence-electron chi connectivity index (χ0n) is 13.9. The molecule has 0 spiro atoms. The Morgan fingerprint density at radius 1 is 1.23 bits per heavy atom. The predicted octanol–water partition coefficient (Wildman–Crippen LogP) is 2.96. The lowest BCUT2D eigenvalue weighted by molar-refractivity contribution is -0.143. The van der Waals surface area contributed by atoms with Gasteiger partial charge in [-0.05, 0) is 49.5 Å². The first-order chi connectivity index (χ1) is 10.00. The smallest absolute Gasteiger partial charge is 0.259 e. The van der Waals surface area contributed by atoms with Gasteiger partial charge < -0.3 is 15.0 Å². The van der Waals surface area contributed by atoms with Crippen LogP contribution < -0.4 is 10.2 Å². The highest BCUT2D eigenvalue weighted by Crippen LogP contribution is 2.28. The third-order valence-corrected chi connectivity index (χ3v) is 4.44. The molecule has 0 unspecified atom stereocenters. The number of carbonyl (C=O) groups excluding carboxylic acids is 1. The van der Waals surface area contributed by atoms with Crippen molar-refractivity contribution in [1.29, 1.82) is 0 Å². The zero-order chi connectivity index (χ0) is 15.5. The number of nitrogens with one attached hydrogen (secondary N) is 1. The molecule has 5 heteroatoms. The van der Waals surface area contributed by atoms with E-state index in [0.29, 0.717) is 5.92 Å². The minimum Gasteiger partial charge on any atom is -0.368 e. The quantitative estimate of drug-likeness (QED) is 0.925. The van der Waals surface area contributed by atoms with Gasteiger partial charge in [0.05, 0.1) is 0 Å². The van der Waals surface area contributed by atoms with Crippen molar-refractivity contribution < 1.29 is 9.53 Å². The molecule has 2 rings (SSSR count). The molecule has 1 N–H and O–H groups in total. The zero-order valence-corrected chi connectivity index (χ0v) is 14.7. The standard InChI is InChI=1S/C17H26N2O2.ClH/c1-13(2)14-5-7-15(8-6-14)19(3)16(20)17(21-4)9-11-18-12-10-17;/h5-8,13,18H,9-12H2,1-4H3;1H. The lowest BCUT2D eigenvalue weighted by Crippen LogP contribution is -2.54. The van der Waals surface area contributed by atoms with Crippen LogP contribution in [-0.4, -0.2) is 38.8 Å². The van der Waals surface area contributed by atoms with Crippen molar-refractivity contribution in [3.8, 4) is 0 Å². The molecule has 0 radical (unpaired) electrons. The summed E-state index contributed by atoms with van der Waals surface area (Å²) in [6.45, 7) is 5.97. The number of ether oxygens (including phenoxy) is 1. The fourth-order valence-electron chi connectivity index (χ4n) is 2.84. The van der Waals surface area contributed by atoms with Crippen molar-refractivity contribution in [3.63, 3.8) is 0 Å². The Kier molecular flexibility index (Phi) is 6.85. The molecule has 1 aliphatic rings. The molecule has 1 saturated heterocycles. The van der Waals surface area contributed by atoms with Crippen molar-refractivity contribution in [3.05, 3.63) is 29.8 Å². The Morgan fingerprint density at radius 2 is 1.77 bits per heavy atom. The van der Waals surface area contributed by atoms with E-state index in [2.05, 4.69) is 31.3 Å². The molecule has 1 fully saturated rings. The second-order valence-corrected chi connectivity index (χ2v) is 6.06. The second kappa shape index (κ2) is 7.95. The number of likely N-dealkylation sites (N-methyl/N-ethyl adjacent to an activating group) is 1. The average Bonchev–Trinajstić information content (AvgIpc) is 2.54. The van der Waals surface area contributed by atoms with Crippen LogP contribution in [0.25, 0.3) is 0 Å². The first-order valence-electron chi connectivity index (χ1n) is 7.64. The first-order valence-corrected chi connectivity index (χ1v) is 7.64. The maximum atomic E-state index is 12.8. The normalized spacial score (nSPS) is 17.0. The molecule has 0 bridgehead atoms. The van der Waals surface area contributed by atoms with Crippen molar-refractivity contribution in [1.82, 2.24) is 5.32 Å². The summed E-state index contributed by atoms with van der Waals surface area (Å²) < 4.78 is 5.61. The van der Waals surface area contributed by atoms with Crippen LogP contribution in [0, 0.1) is 0 Å². The van der Waals surface area contributed by atoms with E-state index in [4.69, 9.17) is 4.74 Å². The van der Waals surface area contributed by atoms with E-state index >= 15 is 0 Å². The summed E-state index contributed by atoms with van der Waals surface area (Å²) in [5, 5.41) is 3.28. The molecule has 22 heavy (non-hydrogen) atoms. The van der Waals surface area contributed by atoms with Crippen molar-refractivity contribution >= 4 is 24.0 Å². The van der Waals surface area contributed by atoms with Gasteiger partial charge >= 0.3 is 0 Å². The Balaban J connectivity index is 0.00000242. The van der Waals surface area contributed by atoms with Gasteiger partial charge in [-0.25, -0.2) is 0 Å². The molecule has 1 aromatic carbocycles. The lowest BCUT2D eigenvalue weighted by Gasteiger charge is -2.37. The van der Waals surface area contributed by atoms with Crippen molar-refractivity contribution in [2.75, 3.05) is 32.1 Å². The van der Waals surface area contributed by atoms with Gasteiger partial charge in [-0.3, -0.25) is 4.79 Å². The minimum absolute atomic E-state index is 0. The van der Waals surface area contributed by atoms with Crippen LogP contribution in [0.5, 0.6) is 0 Å². The van der Waals surface area contributed by atoms with Gasteiger partial charge in [0, 0.05) is 19.8 Å². The molecular weight excluding hydrogens is 300 g/mol. The van der Waals surface area contributed by atoms with Crippen molar-refractivity contribution in [2.24, 2.45) is 0 Å². The third kappa shape index (κ3) is 3.80. The molecule has 4 nitrogen and oxygen atoms in total. The topological polar surface area (TPSA) is 41.6 Å². The molecule has 0 aliphatic carbocycles. The van der Waals surface area contributed by atoms with E-state index in [1.807, 2.05) is 19.2 Å². The van der Waals surface area contributed by atoms with Gasteiger partial charge in [0.1, 0.15) is 5.60 Å². The Labute approximate surface area is 139 Å². The number of nitrogens with zero attached hydrogens (tertiary/aromatic N) is 1. The van der Waals surface area contributed by atoms with E-state index in [-0.39, 0.29) is 18.3 Å². The number of carbonyl (C=O) groups is 1. The summed E-state index contributed by atoms with van der Waals surface area (Å²) >= 11 is 0. The highest BCUT2D eigenvalue weighted by atomic mass is 35.5. The highest BCUT2D eigenvalue weighted by Gasteiger charge is 2.41. The van der Waals surface area contributed by atoms with Gasteiger partial charge in [0.15, 0.2) is 0 Å². The monoisotopic (exact) mass is 326 g/mol. The van der Waals surface area contributed by atoms with Crippen LogP contribution in [0.1, 0.15) is 38.2 Å². The van der Waals surface area contributed by atoms with E-state index in [0.717, 1.165) is 31.6 Å². The molecule has 0 atom stereocenters. The number of rotatable bonds is 4. The molecule has 0 saturated carbocycles. The summed E-state index contributed by atoms with van der Waals surface area (Å²) in [6.07, 6.45) is 1.44. The van der Waals surface area contributed by atoms with Crippen LogP contribution in [0.2, 0.25) is 0 Å². The fourth-order valence-corrected chi connectivity index (χ4v) is 2.84. The van der Waals surface area contributed by atoms with Crippen LogP contribution in [0.4, 0.5) is 5.69 Å². The van der Waals surface area contributed by atoms with E-state index in [9.17, 15) is 4.79 Å². The molecule has 0 aromatic heterocycles. The number of amides is 1. The van der Waals surface area contributed by atoms with Gasteiger partial charge in [0.25, 0.3) is 5.91 Å². The molecule has 1 aromatic rings. The number of methoxy groups -OCH3 is 1. The SMILES string of the molecule is COC1(C(=O)N(C)c2ccc(C(C)C)cc2)CCNCC1.Cl.